The fourth-order valence-electron chi connectivity index (χ4n) is 8.14. The van der Waals surface area contributed by atoms with Crippen LogP contribution < -0.4 is 0 Å². The summed E-state index contributed by atoms with van der Waals surface area (Å²) in [5.74, 6) is 3.68. The van der Waals surface area contributed by atoms with Crippen molar-refractivity contribution < 1.29 is 5.11 Å². The Labute approximate surface area is 172 Å². The van der Waals surface area contributed by atoms with Crippen molar-refractivity contribution in [1.29, 1.82) is 0 Å². The lowest BCUT2D eigenvalue weighted by molar-refractivity contribution is -0.0590. The lowest BCUT2D eigenvalue weighted by Crippen LogP contribution is -2.45. The van der Waals surface area contributed by atoms with Gasteiger partial charge in [-0.25, -0.2) is 0 Å². The minimum absolute atomic E-state index is 0.00290. The number of rotatable bonds is 3. The van der Waals surface area contributed by atoms with E-state index in [1.165, 1.54) is 69.8 Å². The summed E-state index contributed by atoms with van der Waals surface area (Å²) in [5, 5.41) is 10.1. The normalized spacial score (nSPS) is 45.6. The smallest absolute Gasteiger partial charge is 0.0545 e. The fraction of sp³-hybridized carbons (Fsp3) is 0.778. The second-order valence-corrected chi connectivity index (χ2v) is 11.8. The highest BCUT2D eigenvalue weighted by Crippen LogP contribution is 2.62. The molecule has 0 bridgehead atoms. The third-order valence-electron chi connectivity index (χ3n) is 9.47. The molecule has 4 aliphatic carbocycles. The number of benzene rings is 1. The van der Waals surface area contributed by atoms with Crippen LogP contribution in [0.15, 0.2) is 24.3 Å². The molecule has 3 unspecified atom stereocenters. The maximum absolute atomic E-state index is 10.1. The Morgan fingerprint density at radius 3 is 2.46 bits per heavy atom. The minimum atomic E-state index is 0.00290. The first kappa shape index (κ1) is 19.2. The molecule has 4 saturated carbocycles. The van der Waals surface area contributed by atoms with E-state index in [4.69, 9.17) is 0 Å². The molecular weight excluding hydrogens is 340 g/mol. The SMILES string of the molecule is Cc1cccc(C2CC3(CCC(CC4CC5(CCCC(O)C5)C4)C(C)C3)C2)c1. The van der Waals surface area contributed by atoms with Crippen LogP contribution in [0.5, 0.6) is 0 Å². The van der Waals surface area contributed by atoms with Gasteiger partial charge in [-0.15, -0.1) is 0 Å². The molecule has 2 spiro atoms. The van der Waals surface area contributed by atoms with Gasteiger partial charge in [-0.3, -0.25) is 0 Å². The molecule has 0 amide bonds. The Balaban J connectivity index is 1.11. The van der Waals surface area contributed by atoms with Gasteiger partial charge < -0.3 is 5.11 Å². The fourth-order valence-corrected chi connectivity index (χ4v) is 8.14. The van der Waals surface area contributed by atoms with E-state index in [-0.39, 0.29) is 6.10 Å². The van der Waals surface area contributed by atoms with Crippen molar-refractivity contribution in [3.63, 3.8) is 0 Å². The van der Waals surface area contributed by atoms with Crippen molar-refractivity contribution in [1.82, 2.24) is 0 Å². The van der Waals surface area contributed by atoms with E-state index in [1.54, 1.807) is 5.56 Å². The zero-order valence-electron chi connectivity index (χ0n) is 18.1. The number of hydrogen-bond acceptors (Lipinski definition) is 1. The van der Waals surface area contributed by atoms with Gasteiger partial charge in [0.25, 0.3) is 0 Å². The van der Waals surface area contributed by atoms with Gasteiger partial charge in [0.1, 0.15) is 0 Å². The van der Waals surface area contributed by atoms with Crippen LogP contribution in [0.3, 0.4) is 0 Å². The van der Waals surface area contributed by atoms with Crippen molar-refractivity contribution >= 4 is 0 Å². The largest absolute Gasteiger partial charge is 0.393 e. The zero-order valence-corrected chi connectivity index (χ0v) is 18.1. The van der Waals surface area contributed by atoms with Crippen LogP contribution in [0.25, 0.3) is 0 Å². The summed E-state index contributed by atoms with van der Waals surface area (Å²) >= 11 is 0. The van der Waals surface area contributed by atoms with E-state index < -0.39 is 0 Å². The predicted molar refractivity (Wildman–Crippen MR) is 116 cm³/mol. The first-order valence-electron chi connectivity index (χ1n) is 12.2. The van der Waals surface area contributed by atoms with Crippen LogP contribution in [-0.2, 0) is 0 Å². The van der Waals surface area contributed by atoms with Gasteiger partial charge in [0, 0.05) is 0 Å². The third-order valence-corrected chi connectivity index (χ3v) is 9.47. The molecule has 154 valence electrons. The van der Waals surface area contributed by atoms with E-state index in [0.29, 0.717) is 10.8 Å². The molecule has 0 heterocycles. The van der Waals surface area contributed by atoms with Gasteiger partial charge in [0.2, 0.25) is 0 Å². The van der Waals surface area contributed by atoms with Crippen LogP contribution in [0.1, 0.15) is 101 Å². The number of hydrogen-bond donors (Lipinski definition) is 1. The molecule has 0 aromatic heterocycles. The number of aliphatic hydroxyl groups is 1. The van der Waals surface area contributed by atoms with Crippen LogP contribution in [0.2, 0.25) is 0 Å². The molecule has 4 fully saturated rings. The monoisotopic (exact) mass is 380 g/mol. The first-order valence-corrected chi connectivity index (χ1v) is 12.2. The molecule has 0 radical (unpaired) electrons. The summed E-state index contributed by atoms with van der Waals surface area (Å²) < 4.78 is 0. The average molecular weight is 381 g/mol. The van der Waals surface area contributed by atoms with Crippen molar-refractivity contribution in [3.8, 4) is 0 Å². The Hall–Kier alpha value is -0.820. The van der Waals surface area contributed by atoms with Crippen molar-refractivity contribution in [3.05, 3.63) is 35.4 Å². The molecule has 5 rings (SSSR count). The summed E-state index contributed by atoms with van der Waals surface area (Å²) in [4.78, 5) is 0. The van der Waals surface area contributed by atoms with Gasteiger partial charge in [-0.2, -0.15) is 0 Å². The molecule has 4 aliphatic rings. The number of aryl methyl sites for hydroxylation is 1. The van der Waals surface area contributed by atoms with E-state index in [0.717, 1.165) is 36.5 Å². The molecule has 0 saturated heterocycles. The lowest BCUT2D eigenvalue weighted by Gasteiger charge is -2.56. The highest BCUT2D eigenvalue weighted by atomic mass is 16.3. The Morgan fingerprint density at radius 2 is 1.75 bits per heavy atom. The van der Waals surface area contributed by atoms with E-state index in [1.807, 2.05) is 0 Å². The molecule has 1 N–H and O–H groups in total. The quantitative estimate of drug-likeness (QED) is 0.597. The molecule has 3 atom stereocenters. The molecule has 0 aliphatic heterocycles. The van der Waals surface area contributed by atoms with Gasteiger partial charge in [0.05, 0.1) is 6.10 Å². The standard InChI is InChI=1S/C27H40O/c1-19-5-3-6-23(11-19)24-16-27(17-24)10-8-22(20(2)13-27)12-21-14-26(15-21)9-4-7-25(28)18-26/h3,5-6,11,20-22,24-25,28H,4,7-10,12-18H2,1-2H3. The van der Waals surface area contributed by atoms with Crippen molar-refractivity contribution in [2.75, 3.05) is 0 Å². The second-order valence-electron chi connectivity index (χ2n) is 11.8. The van der Waals surface area contributed by atoms with Crippen LogP contribution in [-0.4, -0.2) is 11.2 Å². The summed E-state index contributed by atoms with van der Waals surface area (Å²) in [6.07, 6.45) is 16.5. The topological polar surface area (TPSA) is 20.2 Å². The van der Waals surface area contributed by atoms with E-state index in [2.05, 4.69) is 38.1 Å². The molecule has 1 aromatic carbocycles. The third kappa shape index (κ3) is 3.57. The van der Waals surface area contributed by atoms with Crippen molar-refractivity contribution in [2.45, 2.75) is 103 Å². The number of aliphatic hydroxyl groups excluding tert-OH is 1. The summed E-state index contributed by atoms with van der Waals surface area (Å²) in [6.45, 7) is 4.79. The lowest BCUT2D eigenvalue weighted by atomic mass is 9.49. The highest BCUT2D eigenvalue weighted by Gasteiger charge is 2.51. The Morgan fingerprint density at radius 1 is 0.964 bits per heavy atom. The molecule has 1 nitrogen and oxygen atoms in total. The average Bonchev–Trinajstić information content (AvgIpc) is 2.60. The van der Waals surface area contributed by atoms with Gasteiger partial charge in [-0.05, 0) is 118 Å². The minimum Gasteiger partial charge on any atom is -0.393 e. The Kier molecular flexibility index (Phi) is 4.89. The molecular formula is C27H40O. The van der Waals surface area contributed by atoms with Crippen LogP contribution in [0.4, 0.5) is 0 Å². The van der Waals surface area contributed by atoms with E-state index in [9.17, 15) is 5.11 Å². The zero-order chi connectivity index (χ0) is 19.4. The van der Waals surface area contributed by atoms with Crippen LogP contribution >= 0.6 is 0 Å². The van der Waals surface area contributed by atoms with Crippen molar-refractivity contribution in [2.24, 2.45) is 28.6 Å². The second kappa shape index (κ2) is 7.15. The highest BCUT2D eigenvalue weighted by molar-refractivity contribution is 5.28. The summed E-state index contributed by atoms with van der Waals surface area (Å²) in [7, 11) is 0. The van der Waals surface area contributed by atoms with Gasteiger partial charge in [0.15, 0.2) is 0 Å². The predicted octanol–water partition coefficient (Wildman–Crippen LogP) is 7.02. The molecule has 1 heteroatoms. The first-order chi connectivity index (χ1) is 13.4. The van der Waals surface area contributed by atoms with Gasteiger partial charge >= 0.3 is 0 Å². The van der Waals surface area contributed by atoms with Crippen LogP contribution in [0, 0.1) is 35.5 Å². The summed E-state index contributed by atoms with van der Waals surface area (Å²) in [6, 6.07) is 9.24. The Bertz CT molecular complexity index is 694. The molecule has 28 heavy (non-hydrogen) atoms. The maximum Gasteiger partial charge on any atom is 0.0545 e. The summed E-state index contributed by atoms with van der Waals surface area (Å²) in [5.41, 5.74) is 4.24. The maximum atomic E-state index is 10.1. The molecule has 1 aromatic rings. The van der Waals surface area contributed by atoms with E-state index >= 15 is 0 Å². The van der Waals surface area contributed by atoms with Gasteiger partial charge in [-0.1, -0.05) is 43.2 Å².